The second kappa shape index (κ2) is 9.80. The van der Waals surface area contributed by atoms with Crippen LogP contribution in [-0.4, -0.2) is 53.8 Å². The minimum absolute atomic E-state index is 0.0771. The van der Waals surface area contributed by atoms with Gasteiger partial charge in [-0.25, -0.2) is 4.39 Å². The Hall–Kier alpha value is -2.76. The molecule has 0 bridgehead atoms. The molecule has 6 nitrogen and oxygen atoms in total. The Morgan fingerprint density at radius 1 is 1.12 bits per heavy atom. The van der Waals surface area contributed by atoms with Crippen molar-refractivity contribution in [2.45, 2.75) is 45.1 Å². The highest BCUT2D eigenvalue weighted by molar-refractivity contribution is 7.16. The number of hydrogen-bond donors (Lipinski definition) is 1. The van der Waals surface area contributed by atoms with E-state index in [1.807, 2.05) is 11.8 Å². The lowest BCUT2D eigenvalue weighted by Crippen LogP contribution is -2.54. The molecule has 2 heterocycles. The Labute approximate surface area is 191 Å². The number of carbonyl (C=O) groups excluding carboxylic acids is 2. The number of aryl methyl sites for hydroxylation is 1. The van der Waals surface area contributed by atoms with Gasteiger partial charge in [-0.1, -0.05) is 18.6 Å². The van der Waals surface area contributed by atoms with E-state index >= 15 is 0 Å². The fraction of sp³-hybridized carbons (Fsp3) is 0.458. The molecule has 4 rings (SSSR count). The molecule has 1 N–H and O–H groups in total. The Morgan fingerprint density at radius 3 is 2.56 bits per heavy atom. The van der Waals surface area contributed by atoms with Crippen molar-refractivity contribution in [2.75, 3.05) is 31.5 Å². The van der Waals surface area contributed by atoms with Gasteiger partial charge in [0.15, 0.2) is 0 Å². The molecule has 0 saturated carbocycles. The standard InChI is InChI=1S/C24H27FN4O2S/c1-16(22(30)27-23-19(15-26)17-7-3-2-4-10-21(17)32-23)28-11-13-29(14-12-28)24(31)18-8-5-6-9-20(18)25/h5-6,8-9,16H,2-4,7,10-14H2,1H3,(H,27,30). The maximum absolute atomic E-state index is 13.9. The third-order valence-electron chi connectivity index (χ3n) is 6.40. The molecule has 1 aliphatic heterocycles. The predicted octanol–water partition coefficient (Wildman–Crippen LogP) is 3.81. The minimum Gasteiger partial charge on any atom is -0.336 e. The molecular weight excluding hydrogens is 427 g/mol. The Bertz CT molecular complexity index is 1050. The lowest BCUT2D eigenvalue weighted by Gasteiger charge is -2.37. The summed E-state index contributed by atoms with van der Waals surface area (Å²) in [4.78, 5) is 30.5. The summed E-state index contributed by atoms with van der Waals surface area (Å²) in [6.07, 6.45) is 5.25. The van der Waals surface area contributed by atoms with E-state index in [1.54, 1.807) is 17.0 Å². The molecule has 1 aliphatic carbocycles. The quantitative estimate of drug-likeness (QED) is 0.713. The van der Waals surface area contributed by atoms with Crippen molar-refractivity contribution >= 4 is 28.2 Å². The summed E-state index contributed by atoms with van der Waals surface area (Å²) >= 11 is 1.53. The maximum atomic E-state index is 13.9. The average molecular weight is 455 g/mol. The van der Waals surface area contributed by atoms with E-state index in [9.17, 15) is 19.2 Å². The number of nitrogens with one attached hydrogen (secondary N) is 1. The summed E-state index contributed by atoms with van der Waals surface area (Å²) in [6, 6.07) is 7.90. The molecular formula is C24H27FN4O2S. The zero-order valence-corrected chi connectivity index (χ0v) is 19.0. The third-order valence-corrected chi connectivity index (χ3v) is 7.61. The van der Waals surface area contributed by atoms with E-state index in [1.165, 1.54) is 34.8 Å². The number of anilines is 1. The lowest BCUT2D eigenvalue weighted by atomic mass is 10.1. The summed E-state index contributed by atoms with van der Waals surface area (Å²) in [7, 11) is 0. The van der Waals surface area contributed by atoms with Gasteiger partial charge in [0.05, 0.1) is 17.2 Å². The van der Waals surface area contributed by atoms with Crippen LogP contribution in [0.15, 0.2) is 24.3 Å². The van der Waals surface area contributed by atoms with E-state index in [0.717, 1.165) is 31.2 Å². The largest absolute Gasteiger partial charge is 0.336 e. The van der Waals surface area contributed by atoms with Gasteiger partial charge < -0.3 is 10.2 Å². The topological polar surface area (TPSA) is 76.4 Å². The Kier molecular flexibility index (Phi) is 6.87. The van der Waals surface area contributed by atoms with Gasteiger partial charge in [0.2, 0.25) is 5.91 Å². The van der Waals surface area contributed by atoms with Crippen LogP contribution >= 0.6 is 11.3 Å². The van der Waals surface area contributed by atoms with Gasteiger partial charge in [-0.2, -0.15) is 5.26 Å². The van der Waals surface area contributed by atoms with Crippen molar-refractivity contribution in [1.29, 1.82) is 5.26 Å². The summed E-state index contributed by atoms with van der Waals surface area (Å²) in [5, 5.41) is 13.3. The lowest BCUT2D eigenvalue weighted by molar-refractivity contribution is -0.121. The van der Waals surface area contributed by atoms with Gasteiger partial charge in [-0.3, -0.25) is 14.5 Å². The molecule has 1 saturated heterocycles. The normalized spacial score (nSPS) is 17.7. The first-order valence-corrected chi connectivity index (χ1v) is 11.9. The number of piperazine rings is 1. The highest BCUT2D eigenvalue weighted by Crippen LogP contribution is 2.37. The molecule has 1 unspecified atom stereocenters. The van der Waals surface area contributed by atoms with E-state index in [2.05, 4.69) is 11.4 Å². The number of halogens is 1. The molecule has 168 valence electrons. The van der Waals surface area contributed by atoms with Gasteiger partial charge in [-0.15, -0.1) is 11.3 Å². The molecule has 1 fully saturated rings. The van der Waals surface area contributed by atoms with Crippen molar-refractivity contribution in [3.8, 4) is 6.07 Å². The molecule has 32 heavy (non-hydrogen) atoms. The molecule has 0 spiro atoms. The van der Waals surface area contributed by atoms with Crippen molar-refractivity contribution in [1.82, 2.24) is 9.80 Å². The van der Waals surface area contributed by atoms with Gasteiger partial charge >= 0.3 is 0 Å². The monoisotopic (exact) mass is 454 g/mol. The maximum Gasteiger partial charge on any atom is 0.256 e. The Balaban J connectivity index is 1.37. The molecule has 2 aliphatic rings. The van der Waals surface area contributed by atoms with Crippen molar-refractivity contribution in [3.05, 3.63) is 51.7 Å². The van der Waals surface area contributed by atoms with Crippen LogP contribution < -0.4 is 5.32 Å². The number of benzene rings is 1. The minimum atomic E-state index is -0.518. The highest BCUT2D eigenvalue weighted by Gasteiger charge is 2.30. The first-order chi connectivity index (χ1) is 15.5. The molecule has 1 aromatic carbocycles. The van der Waals surface area contributed by atoms with E-state index in [4.69, 9.17) is 0 Å². The van der Waals surface area contributed by atoms with Gasteiger partial charge in [0.25, 0.3) is 5.91 Å². The first-order valence-electron chi connectivity index (χ1n) is 11.1. The van der Waals surface area contributed by atoms with Crippen LogP contribution in [0.25, 0.3) is 0 Å². The SMILES string of the molecule is CC(C(=O)Nc1sc2c(c1C#N)CCCCC2)N1CCN(C(=O)c2ccccc2F)CC1. The molecule has 0 radical (unpaired) electrons. The highest BCUT2D eigenvalue weighted by atomic mass is 32.1. The van der Waals surface area contributed by atoms with E-state index in [0.29, 0.717) is 36.7 Å². The van der Waals surface area contributed by atoms with Crippen LogP contribution in [-0.2, 0) is 17.6 Å². The van der Waals surface area contributed by atoms with Crippen LogP contribution in [0.4, 0.5) is 9.39 Å². The first kappa shape index (κ1) is 22.4. The van der Waals surface area contributed by atoms with Crippen molar-refractivity contribution in [2.24, 2.45) is 0 Å². The van der Waals surface area contributed by atoms with Gasteiger partial charge in [-0.05, 0) is 50.3 Å². The zero-order valence-electron chi connectivity index (χ0n) is 18.2. The second-order valence-corrected chi connectivity index (χ2v) is 9.46. The van der Waals surface area contributed by atoms with Crippen LogP contribution in [0, 0.1) is 17.1 Å². The van der Waals surface area contributed by atoms with Crippen LogP contribution in [0.1, 0.15) is 52.5 Å². The Morgan fingerprint density at radius 2 is 1.84 bits per heavy atom. The number of amides is 2. The van der Waals surface area contributed by atoms with E-state index in [-0.39, 0.29) is 17.4 Å². The molecule has 8 heteroatoms. The summed E-state index contributed by atoms with van der Waals surface area (Å²) in [6.45, 7) is 3.76. The zero-order chi connectivity index (χ0) is 22.7. The number of fused-ring (bicyclic) bond motifs is 1. The summed E-state index contributed by atoms with van der Waals surface area (Å²) in [5.41, 5.74) is 1.80. The second-order valence-electron chi connectivity index (χ2n) is 8.35. The molecule has 1 aromatic heterocycles. The van der Waals surface area contributed by atoms with Crippen LogP contribution in [0.2, 0.25) is 0 Å². The molecule has 2 amide bonds. The van der Waals surface area contributed by atoms with Crippen LogP contribution in [0.3, 0.4) is 0 Å². The number of nitrogens with zero attached hydrogens (tertiary/aromatic N) is 3. The number of hydrogen-bond acceptors (Lipinski definition) is 5. The summed E-state index contributed by atoms with van der Waals surface area (Å²) < 4.78 is 13.9. The fourth-order valence-electron chi connectivity index (χ4n) is 4.45. The molecule has 2 aromatic rings. The van der Waals surface area contributed by atoms with Crippen LogP contribution in [0.5, 0.6) is 0 Å². The number of nitriles is 1. The van der Waals surface area contributed by atoms with Crippen molar-refractivity contribution < 1.29 is 14.0 Å². The number of rotatable bonds is 4. The smallest absolute Gasteiger partial charge is 0.256 e. The number of carbonyl (C=O) groups is 2. The van der Waals surface area contributed by atoms with E-state index < -0.39 is 11.9 Å². The summed E-state index contributed by atoms with van der Waals surface area (Å²) in [5.74, 6) is -0.985. The molecule has 1 atom stereocenters. The van der Waals surface area contributed by atoms with Crippen molar-refractivity contribution in [3.63, 3.8) is 0 Å². The van der Waals surface area contributed by atoms with Gasteiger partial charge in [0.1, 0.15) is 16.9 Å². The number of thiophene rings is 1. The predicted molar refractivity (Wildman–Crippen MR) is 122 cm³/mol. The van der Waals surface area contributed by atoms with Gasteiger partial charge in [0, 0.05) is 31.1 Å². The third kappa shape index (κ3) is 4.54. The fourth-order valence-corrected chi connectivity index (χ4v) is 5.69. The average Bonchev–Trinajstić information content (AvgIpc) is 2.97.